The van der Waals surface area contributed by atoms with E-state index in [0.717, 1.165) is 9.69 Å². The van der Waals surface area contributed by atoms with Crippen LogP contribution in [0.15, 0.2) is 0 Å². The second kappa shape index (κ2) is 7.98. The van der Waals surface area contributed by atoms with E-state index in [-0.39, 0.29) is 0 Å². The van der Waals surface area contributed by atoms with Gasteiger partial charge in [0.05, 0.1) is 0 Å². The van der Waals surface area contributed by atoms with E-state index in [0.29, 0.717) is 12.0 Å². The molecule has 1 aliphatic carbocycles. The maximum atomic E-state index is 10.8. The summed E-state index contributed by atoms with van der Waals surface area (Å²) in [6.07, 6.45) is 6.57. The Balaban J connectivity index is 2.40. The standard InChI is InChI=1S/C10H20N.CHO.CH3S.Sn.H/c1-3-9-6-4-5-7-10(9)8(2)11;2*1-2;;/h8-10H,1,3-7,11H2,2H3;1H;2H,1H2;;. The zero-order chi connectivity index (χ0) is 12.0. The van der Waals surface area contributed by atoms with Gasteiger partial charge in [-0.05, 0) is 0 Å². The predicted molar refractivity (Wildman–Crippen MR) is 76.3 cm³/mol. The molecule has 4 atom stereocenters. The molecule has 2 N–H and O–H groups in total. The fraction of sp³-hybridized carbons (Fsp3) is 0.917. The number of rotatable bonds is 6. The Morgan fingerprint density at radius 3 is 2.75 bits per heavy atom. The number of carbonyl (C=O) groups is 1. The van der Waals surface area contributed by atoms with Crippen LogP contribution in [-0.2, 0) is 4.79 Å². The fourth-order valence-electron chi connectivity index (χ4n) is 2.92. The summed E-state index contributed by atoms with van der Waals surface area (Å²) in [5.74, 6) is 1.49. The minimum absolute atomic E-state index is 0.325. The molecule has 16 heavy (non-hydrogen) atoms. The molecule has 4 unspecified atom stereocenters. The first kappa shape index (κ1) is 14.8. The van der Waals surface area contributed by atoms with Crippen molar-refractivity contribution in [2.75, 3.05) is 3.77 Å². The van der Waals surface area contributed by atoms with Crippen molar-refractivity contribution in [2.45, 2.75) is 49.5 Å². The van der Waals surface area contributed by atoms with Crippen molar-refractivity contribution in [3.05, 3.63) is 0 Å². The van der Waals surface area contributed by atoms with Crippen LogP contribution in [0.3, 0.4) is 0 Å². The van der Waals surface area contributed by atoms with Gasteiger partial charge >= 0.3 is 112 Å². The average molecular weight is 350 g/mol. The van der Waals surface area contributed by atoms with Crippen LogP contribution in [0.4, 0.5) is 0 Å². The third-order valence-electron chi connectivity index (χ3n) is 3.98. The van der Waals surface area contributed by atoms with Crippen LogP contribution in [0.25, 0.3) is 0 Å². The van der Waals surface area contributed by atoms with Crippen molar-refractivity contribution < 1.29 is 4.79 Å². The molecule has 1 aliphatic rings. The normalized spacial score (nSPS) is 29.7. The van der Waals surface area contributed by atoms with Gasteiger partial charge in [-0.2, -0.15) is 0 Å². The monoisotopic (exact) mass is 351 g/mol. The van der Waals surface area contributed by atoms with Crippen molar-refractivity contribution in [1.82, 2.24) is 0 Å². The van der Waals surface area contributed by atoms with Gasteiger partial charge < -0.3 is 0 Å². The van der Waals surface area contributed by atoms with E-state index in [4.69, 9.17) is 5.73 Å². The van der Waals surface area contributed by atoms with E-state index in [9.17, 15) is 4.79 Å². The van der Waals surface area contributed by atoms with Crippen LogP contribution >= 0.6 is 12.6 Å². The molecule has 0 bridgehead atoms. The Kier molecular flexibility index (Phi) is 7.40. The summed E-state index contributed by atoms with van der Waals surface area (Å²) in [7, 11) is 0. The molecule has 94 valence electrons. The van der Waals surface area contributed by atoms with Crippen LogP contribution < -0.4 is 5.73 Å². The third kappa shape index (κ3) is 4.57. The summed E-state index contributed by atoms with van der Waals surface area (Å²) < 4.78 is 3.35. The first-order valence-electron chi connectivity index (χ1n) is 6.50. The van der Waals surface area contributed by atoms with E-state index in [2.05, 4.69) is 19.6 Å². The van der Waals surface area contributed by atoms with Gasteiger partial charge in [-0.3, -0.25) is 0 Å². The molecule has 0 saturated heterocycles. The molecule has 0 spiro atoms. The van der Waals surface area contributed by atoms with Crippen LogP contribution in [-0.4, -0.2) is 33.9 Å². The van der Waals surface area contributed by atoms with Crippen molar-refractivity contribution in [3.8, 4) is 0 Å². The van der Waals surface area contributed by atoms with E-state index in [1.807, 2.05) is 0 Å². The third-order valence-corrected chi connectivity index (χ3v) is 12.6. The molecule has 1 fully saturated rings. The number of hydrogen-bond acceptors (Lipinski definition) is 3. The molecule has 0 aromatic rings. The molecular formula is C12H25NOSSn. The topological polar surface area (TPSA) is 43.1 Å². The van der Waals surface area contributed by atoms with Crippen LogP contribution in [0.2, 0.25) is 4.44 Å². The minimum atomic E-state index is -1.85. The van der Waals surface area contributed by atoms with Crippen molar-refractivity contribution in [3.63, 3.8) is 0 Å². The number of nitrogens with two attached hydrogens (primary N) is 1. The molecule has 0 aromatic carbocycles. The van der Waals surface area contributed by atoms with E-state index < -0.39 is 19.8 Å². The Morgan fingerprint density at radius 2 is 2.19 bits per heavy atom. The van der Waals surface area contributed by atoms with E-state index >= 15 is 0 Å². The second-order valence-corrected chi connectivity index (χ2v) is 15.5. The van der Waals surface area contributed by atoms with Crippen LogP contribution in [0.1, 0.15) is 39.0 Å². The summed E-state index contributed by atoms with van der Waals surface area (Å²) >= 11 is 2.44. The molecule has 1 rings (SSSR count). The Bertz CT molecular complexity index is 213. The van der Waals surface area contributed by atoms with Crippen LogP contribution in [0, 0.1) is 11.8 Å². The van der Waals surface area contributed by atoms with Gasteiger partial charge in [-0.1, -0.05) is 0 Å². The zero-order valence-electron chi connectivity index (χ0n) is 10.3. The molecule has 0 aromatic heterocycles. The molecule has 2 nitrogen and oxygen atoms in total. The van der Waals surface area contributed by atoms with E-state index in [1.54, 1.807) is 0 Å². The Morgan fingerprint density at radius 1 is 1.50 bits per heavy atom. The Labute approximate surface area is 112 Å². The molecule has 4 heteroatoms. The van der Waals surface area contributed by atoms with Gasteiger partial charge in [-0.25, -0.2) is 0 Å². The molecule has 0 amide bonds. The number of hydrogen-bond donors (Lipinski definition) is 2. The fourth-order valence-corrected chi connectivity index (χ4v) is 8.32. The summed E-state index contributed by atoms with van der Waals surface area (Å²) in [5.41, 5.74) is 6.06. The number of carbonyl (C=O) groups excluding carboxylic acids is 1. The first-order valence-corrected chi connectivity index (χ1v) is 13.7. The van der Waals surface area contributed by atoms with Crippen molar-refractivity contribution in [2.24, 2.45) is 17.6 Å². The van der Waals surface area contributed by atoms with E-state index in [1.165, 1.54) is 40.8 Å². The van der Waals surface area contributed by atoms with Crippen LogP contribution in [0.5, 0.6) is 0 Å². The van der Waals surface area contributed by atoms with Crippen molar-refractivity contribution >= 4 is 36.7 Å². The maximum absolute atomic E-state index is 10.8. The summed E-state index contributed by atoms with van der Waals surface area (Å²) in [6, 6.07) is 0.325. The average Bonchev–Trinajstić information content (AvgIpc) is 2.30. The van der Waals surface area contributed by atoms with Crippen molar-refractivity contribution in [1.29, 1.82) is 0 Å². The Hall–Kier alpha value is 0.779. The number of thiol groups is 1. The van der Waals surface area contributed by atoms with Gasteiger partial charge in [-0.15, -0.1) is 0 Å². The predicted octanol–water partition coefficient (Wildman–Crippen LogP) is 2.00. The quantitative estimate of drug-likeness (QED) is 0.437. The summed E-state index contributed by atoms with van der Waals surface area (Å²) in [5, 5.41) is 0. The zero-order valence-corrected chi connectivity index (χ0v) is 14.5. The van der Waals surface area contributed by atoms with Gasteiger partial charge in [0.25, 0.3) is 0 Å². The van der Waals surface area contributed by atoms with Gasteiger partial charge in [0.2, 0.25) is 0 Å². The summed E-state index contributed by atoms with van der Waals surface area (Å²) in [4.78, 5) is 10.8. The molecule has 1 saturated carbocycles. The van der Waals surface area contributed by atoms with Gasteiger partial charge in [0.15, 0.2) is 0 Å². The molecular weight excluding hydrogens is 325 g/mol. The summed E-state index contributed by atoms with van der Waals surface area (Å²) in [6.45, 7) is 2.14. The molecule has 0 heterocycles. The molecule has 0 radical (unpaired) electrons. The first-order chi connectivity index (χ1) is 7.69. The second-order valence-electron chi connectivity index (χ2n) is 5.22. The van der Waals surface area contributed by atoms with Gasteiger partial charge in [0.1, 0.15) is 0 Å². The molecule has 0 aliphatic heterocycles. The SMILES string of the molecule is CC(N)C1CCCCC1C[CH2][SnH]([CH]=O)[CH2]S. The van der Waals surface area contributed by atoms with Gasteiger partial charge in [0, 0.05) is 0 Å².